The van der Waals surface area contributed by atoms with E-state index in [9.17, 15) is 0 Å². The molecule has 512 valence electrons. The van der Waals surface area contributed by atoms with E-state index in [-0.39, 0.29) is 10.8 Å². The molecule has 2 aliphatic carbocycles. The molecule has 3 nitrogen and oxygen atoms in total. The molecule has 0 aliphatic heterocycles. The summed E-state index contributed by atoms with van der Waals surface area (Å²) in [4.78, 5) is 6.10. The average Bonchev–Trinajstić information content (AvgIpc) is 1.37. The first kappa shape index (κ1) is 64.5. The zero-order valence-electron chi connectivity index (χ0n) is 60.6. The highest BCUT2D eigenvalue weighted by atomic mass is 32.1. The van der Waals surface area contributed by atoms with Crippen LogP contribution in [0.3, 0.4) is 0 Å². The molecule has 0 N–H and O–H groups in total. The first-order valence-electron chi connectivity index (χ1n) is 37.5. The SMILES string of the molecule is CC1(C)c2ccccc2-c2ccc(N(c3ccc(-c4ccc5c(c4)c4ccccc4n5-c4ccccc4)cc3)c3ccc(-c4cc5ccccc5s4)cc3)cc21.CC1(C)c2ccccc2-c2ccc(N(c3ccc(-c4ccccc4)cc3)c3ccc(-c4ccc5c6ccccc6c6ccccc6c5c4)cc3)cc21. The fourth-order valence-corrected chi connectivity index (χ4v) is 18.7. The predicted octanol–water partition coefficient (Wildman–Crippen LogP) is 29.4. The minimum atomic E-state index is -0.0925. The molecule has 0 fully saturated rings. The van der Waals surface area contributed by atoms with Crippen LogP contribution in [0.5, 0.6) is 0 Å². The summed E-state index contributed by atoms with van der Waals surface area (Å²) in [7, 11) is 0. The van der Waals surface area contributed by atoms with Gasteiger partial charge in [-0.3, -0.25) is 0 Å². The van der Waals surface area contributed by atoms with Crippen molar-refractivity contribution in [3.8, 4) is 71.8 Å². The molecular weight excluding hydrogens is 1320 g/mol. The molecule has 0 atom stereocenters. The van der Waals surface area contributed by atoms with Crippen molar-refractivity contribution >= 4 is 110 Å². The highest BCUT2D eigenvalue weighted by Crippen LogP contribution is 2.53. The number of aromatic nitrogens is 1. The van der Waals surface area contributed by atoms with Crippen molar-refractivity contribution in [1.82, 2.24) is 4.57 Å². The minimum Gasteiger partial charge on any atom is -0.310 e. The third-order valence-corrected chi connectivity index (χ3v) is 24.2. The van der Waals surface area contributed by atoms with Gasteiger partial charge in [0, 0.05) is 71.0 Å². The zero-order valence-corrected chi connectivity index (χ0v) is 61.4. The Bertz CT molecular complexity index is 6630. The quantitative estimate of drug-likeness (QED) is 0.120. The summed E-state index contributed by atoms with van der Waals surface area (Å²) in [6.45, 7) is 9.42. The maximum absolute atomic E-state index is 2.42. The van der Waals surface area contributed by atoms with Crippen molar-refractivity contribution < 1.29 is 0 Å². The van der Waals surface area contributed by atoms with Gasteiger partial charge in [-0.1, -0.05) is 289 Å². The fraction of sp³-hybridized carbons (Fsp3) is 0.0577. The van der Waals surface area contributed by atoms with E-state index in [2.05, 4.69) is 424 Å². The molecule has 0 radical (unpaired) electrons. The van der Waals surface area contributed by atoms with Crippen molar-refractivity contribution in [3.63, 3.8) is 0 Å². The van der Waals surface area contributed by atoms with E-state index in [1.54, 1.807) is 0 Å². The van der Waals surface area contributed by atoms with E-state index < -0.39 is 0 Å². The van der Waals surface area contributed by atoms with Gasteiger partial charge in [0.15, 0.2) is 0 Å². The zero-order chi connectivity index (χ0) is 72.2. The van der Waals surface area contributed by atoms with Gasteiger partial charge in [-0.05, 0) is 242 Å². The lowest BCUT2D eigenvalue weighted by Gasteiger charge is -2.28. The molecule has 0 amide bonds. The van der Waals surface area contributed by atoms with Crippen molar-refractivity contribution in [2.24, 2.45) is 0 Å². The minimum absolute atomic E-state index is 0.0831. The van der Waals surface area contributed by atoms with Gasteiger partial charge < -0.3 is 14.4 Å². The summed E-state index contributed by atoms with van der Waals surface area (Å²) in [5, 5.41) is 11.6. The molecular formula is C104H75N3S. The molecule has 0 saturated carbocycles. The normalized spacial score (nSPS) is 13.0. The summed E-state index contributed by atoms with van der Waals surface area (Å²) in [5.74, 6) is 0. The van der Waals surface area contributed by atoms with Crippen molar-refractivity contribution in [3.05, 3.63) is 404 Å². The highest BCUT2D eigenvalue weighted by Gasteiger charge is 2.37. The van der Waals surface area contributed by atoms with Crippen LogP contribution in [-0.4, -0.2) is 4.57 Å². The van der Waals surface area contributed by atoms with Gasteiger partial charge in [0.25, 0.3) is 0 Å². The van der Waals surface area contributed by atoms with Gasteiger partial charge in [0.1, 0.15) is 0 Å². The summed E-state index contributed by atoms with van der Waals surface area (Å²) < 4.78 is 3.69. The first-order chi connectivity index (χ1) is 53.1. The fourth-order valence-electron chi connectivity index (χ4n) is 17.6. The van der Waals surface area contributed by atoms with E-state index in [1.807, 2.05) is 11.3 Å². The maximum Gasteiger partial charge on any atom is 0.0541 e. The summed E-state index contributed by atoms with van der Waals surface area (Å²) >= 11 is 1.85. The van der Waals surface area contributed by atoms with Gasteiger partial charge >= 0.3 is 0 Å². The Labute approximate surface area is 634 Å². The van der Waals surface area contributed by atoms with Crippen LogP contribution in [0.1, 0.15) is 49.9 Å². The Kier molecular flexibility index (Phi) is 15.5. The van der Waals surface area contributed by atoms with Gasteiger partial charge in [0.05, 0.1) is 11.0 Å². The van der Waals surface area contributed by atoms with E-state index in [4.69, 9.17) is 0 Å². The second-order valence-corrected chi connectivity index (χ2v) is 31.0. The van der Waals surface area contributed by atoms with E-state index in [1.165, 1.54) is 158 Å². The number of fused-ring (bicyclic) bond motifs is 16. The Hall–Kier alpha value is -13.1. The molecule has 0 bridgehead atoms. The molecule has 0 saturated heterocycles. The number of hydrogen-bond acceptors (Lipinski definition) is 3. The Balaban J connectivity index is 0.000000143. The molecule has 2 heterocycles. The molecule has 4 heteroatoms. The number of thiophene rings is 1. The molecule has 2 aliphatic rings. The number of rotatable bonds is 11. The number of nitrogens with zero attached hydrogens (tertiary/aromatic N) is 3. The largest absolute Gasteiger partial charge is 0.310 e. The molecule has 19 aromatic rings. The van der Waals surface area contributed by atoms with Crippen LogP contribution in [0.15, 0.2) is 382 Å². The van der Waals surface area contributed by atoms with Crippen molar-refractivity contribution in [2.75, 3.05) is 9.80 Å². The van der Waals surface area contributed by atoms with Crippen LogP contribution in [0, 0.1) is 0 Å². The lowest BCUT2D eigenvalue weighted by atomic mass is 9.82. The molecule has 2 aromatic heterocycles. The highest BCUT2D eigenvalue weighted by molar-refractivity contribution is 7.22. The summed E-state index contributed by atoms with van der Waals surface area (Å²) in [5.41, 5.74) is 29.6. The standard InChI is InChI=1S/C53H38N2S.C51H37N/c1-53(2)47-17-9-7-15-43(47)44-30-29-42(34-48(44)53)54(41-27-22-36(23-28-41)52-33-38-12-6-11-19-51(38)56-52)40-25-20-35(21-26-40)37-24-31-50-46(32-37)45-16-8-10-18-49(45)55(50)39-13-4-3-5-14-39;1-51(2)49-19-11-10-18-46(49)47-31-29-40(33-50(47)51)52(38-25-20-35(21-26-38)34-12-4-3-5-13-34)39-27-22-36(23-28-39)37-24-30-45-43-16-7-6-14-41(43)42-15-8-9-17-44(42)48(45)32-37/h3-34H,1-2H3;3-33H,1-2H3. The summed E-state index contributed by atoms with van der Waals surface area (Å²) in [6.07, 6.45) is 0. The molecule has 17 aromatic carbocycles. The second kappa shape index (κ2) is 25.9. The van der Waals surface area contributed by atoms with E-state index in [0.717, 1.165) is 34.1 Å². The third kappa shape index (κ3) is 10.8. The Morgan fingerprint density at radius 1 is 0.231 bits per heavy atom. The Morgan fingerprint density at radius 2 is 0.593 bits per heavy atom. The third-order valence-electron chi connectivity index (χ3n) is 23.1. The molecule has 0 spiro atoms. The van der Waals surface area contributed by atoms with Crippen LogP contribution in [-0.2, 0) is 10.8 Å². The molecule has 21 rings (SSSR count). The van der Waals surface area contributed by atoms with Crippen LogP contribution in [0.2, 0.25) is 0 Å². The number of para-hydroxylation sites is 2. The number of benzene rings is 17. The second-order valence-electron chi connectivity index (χ2n) is 29.9. The average molecular weight is 1400 g/mol. The maximum atomic E-state index is 2.42. The lowest BCUT2D eigenvalue weighted by molar-refractivity contribution is 0.660. The van der Waals surface area contributed by atoms with Gasteiger partial charge in [-0.25, -0.2) is 0 Å². The van der Waals surface area contributed by atoms with Crippen molar-refractivity contribution in [1.29, 1.82) is 0 Å². The van der Waals surface area contributed by atoms with Gasteiger partial charge in [-0.15, -0.1) is 11.3 Å². The van der Waals surface area contributed by atoms with Gasteiger partial charge in [-0.2, -0.15) is 0 Å². The van der Waals surface area contributed by atoms with Crippen LogP contribution >= 0.6 is 11.3 Å². The van der Waals surface area contributed by atoms with E-state index in [0.29, 0.717) is 0 Å². The van der Waals surface area contributed by atoms with Crippen LogP contribution < -0.4 is 9.80 Å². The smallest absolute Gasteiger partial charge is 0.0541 e. The molecule has 0 unspecified atom stereocenters. The number of anilines is 6. The van der Waals surface area contributed by atoms with Crippen molar-refractivity contribution in [2.45, 2.75) is 38.5 Å². The van der Waals surface area contributed by atoms with E-state index >= 15 is 0 Å². The number of hydrogen-bond donors (Lipinski definition) is 0. The van der Waals surface area contributed by atoms with Crippen LogP contribution in [0.25, 0.3) is 136 Å². The molecule has 108 heavy (non-hydrogen) atoms. The topological polar surface area (TPSA) is 11.4 Å². The lowest BCUT2D eigenvalue weighted by Crippen LogP contribution is -2.16. The monoisotopic (exact) mass is 1400 g/mol. The Morgan fingerprint density at radius 3 is 1.12 bits per heavy atom. The van der Waals surface area contributed by atoms with Gasteiger partial charge in [0.2, 0.25) is 0 Å². The predicted molar refractivity (Wildman–Crippen MR) is 461 cm³/mol. The summed E-state index contributed by atoms with van der Waals surface area (Å²) in [6, 6.07) is 140. The van der Waals surface area contributed by atoms with Crippen LogP contribution in [0.4, 0.5) is 34.1 Å². The first-order valence-corrected chi connectivity index (χ1v) is 38.3.